The number of nitrogens with one attached hydrogen (secondary N) is 2. The molecule has 2 N–H and O–H groups in total. The molecule has 0 amide bonds. The average Bonchev–Trinajstić information content (AvgIpc) is 2.36. The van der Waals surface area contributed by atoms with Crippen LogP contribution in [-0.2, 0) is 10.0 Å². The van der Waals surface area contributed by atoms with Crippen molar-refractivity contribution in [1.82, 2.24) is 10.0 Å². The lowest BCUT2D eigenvalue weighted by Gasteiger charge is -2.28. The summed E-state index contributed by atoms with van der Waals surface area (Å²) in [4.78, 5) is -0.250. The van der Waals surface area contributed by atoms with Crippen LogP contribution in [0.15, 0.2) is 29.2 Å². The second-order valence-electron chi connectivity index (χ2n) is 5.22. The fourth-order valence-corrected chi connectivity index (χ4v) is 3.68. The van der Waals surface area contributed by atoms with Gasteiger partial charge in [0.1, 0.15) is 5.75 Å². The Morgan fingerprint density at radius 2 is 2.09 bits per heavy atom. The Morgan fingerprint density at radius 3 is 2.73 bits per heavy atom. The van der Waals surface area contributed by atoms with Gasteiger partial charge in [-0.25, -0.2) is 13.1 Å². The number of sulfonamides is 1. The minimum atomic E-state index is -4.86. The first-order valence-electron chi connectivity index (χ1n) is 6.77. The molecular weight excluding hydrogens is 321 g/mol. The van der Waals surface area contributed by atoms with Crippen LogP contribution in [0.5, 0.6) is 5.75 Å². The van der Waals surface area contributed by atoms with Gasteiger partial charge in [-0.1, -0.05) is 6.07 Å². The molecule has 0 aromatic heterocycles. The van der Waals surface area contributed by atoms with Gasteiger partial charge in [-0.3, -0.25) is 0 Å². The van der Waals surface area contributed by atoms with Gasteiger partial charge in [0.2, 0.25) is 10.0 Å². The van der Waals surface area contributed by atoms with Crippen LogP contribution in [-0.4, -0.2) is 33.4 Å². The van der Waals surface area contributed by atoms with Crippen molar-refractivity contribution in [2.45, 2.75) is 43.1 Å². The molecule has 22 heavy (non-hydrogen) atoms. The van der Waals surface area contributed by atoms with Crippen molar-refractivity contribution >= 4 is 10.0 Å². The SMILES string of the molecule is CC1CC(NS(=O)(=O)c2cccc(OC(F)(F)F)c2)CCN1. The Balaban J connectivity index is 2.13. The number of hydrogen-bond donors (Lipinski definition) is 2. The molecule has 124 valence electrons. The molecule has 1 heterocycles. The maximum atomic E-state index is 12.3. The van der Waals surface area contributed by atoms with Crippen LogP contribution >= 0.6 is 0 Å². The Labute approximate surface area is 126 Å². The van der Waals surface area contributed by atoms with Crippen LogP contribution in [0.3, 0.4) is 0 Å². The quantitative estimate of drug-likeness (QED) is 0.881. The van der Waals surface area contributed by atoms with Gasteiger partial charge < -0.3 is 10.1 Å². The van der Waals surface area contributed by atoms with E-state index in [1.54, 1.807) is 0 Å². The average molecular weight is 338 g/mol. The summed E-state index contributed by atoms with van der Waals surface area (Å²) in [5.41, 5.74) is 0. The van der Waals surface area contributed by atoms with E-state index in [1.807, 2.05) is 6.92 Å². The molecule has 1 fully saturated rings. The molecule has 0 bridgehead atoms. The summed E-state index contributed by atoms with van der Waals surface area (Å²) in [6.45, 7) is 2.63. The molecule has 1 aromatic rings. The molecule has 0 saturated carbocycles. The summed E-state index contributed by atoms with van der Waals surface area (Å²) in [7, 11) is -3.89. The molecule has 0 radical (unpaired) electrons. The molecule has 1 saturated heterocycles. The number of hydrogen-bond acceptors (Lipinski definition) is 4. The Hall–Kier alpha value is -1.32. The van der Waals surface area contributed by atoms with Crippen molar-refractivity contribution in [3.05, 3.63) is 24.3 Å². The van der Waals surface area contributed by atoms with Crippen LogP contribution in [0.2, 0.25) is 0 Å². The van der Waals surface area contributed by atoms with E-state index in [2.05, 4.69) is 14.8 Å². The fraction of sp³-hybridized carbons (Fsp3) is 0.538. The van der Waals surface area contributed by atoms with Gasteiger partial charge in [-0.15, -0.1) is 13.2 Å². The lowest BCUT2D eigenvalue weighted by atomic mass is 10.0. The lowest BCUT2D eigenvalue weighted by Crippen LogP contribution is -2.46. The minimum absolute atomic E-state index is 0.182. The van der Waals surface area contributed by atoms with Crippen molar-refractivity contribution < 1.29 is 26.3 Å². The number of piperidine rings is 1. The first-order valence-corrected chi connectivity index (χ1v) is 8.25. The summed E-state index contributed by atoms with van der Waals surface area (Å²) >= 11 is 0. The van der Waals surface area contributed by atoms with Gasteiger partial charge in [0.15, 0.2) is 0 Å². The van der Waals surface area contributed by atoms with Crippen LogP contribution < -0.4 is 14.8 Å². The van der Waals surface area contributed by atoms with Crippen molar-refractivity contribution in [2.75, 3.05) is 6.54 Å². The molecule has 2 unspecified atom stereocenters. The normalized spacial score (nSPS) is 23.3. The number of rotatable bonds is 4. The molecule has 5 nitrogen and oxygen atoms in total. The summed E-state index contributed by atoms with van der Waals surface area (Å²) in [6, 6.07) is 4.30. The maximum absolute atomic E-state index is 12.3. The molecular formula is C13H17F3N2O3S. The Morgan fingerprint density at radius 1 is 1.36 bits per heavy atom. The van der Waals surface area contributed by atoms with E-state index in [4.69, 9.17) is 0 Å². The summed E-state index contributed by atoms with van der Waals surface area (Å²) in [5, 5.41) is 3.19. The van der Waals surface area contributed by atoms with Gasteiger partial charge in [0.05, 0.1) is 4.90 Å². The third kappa shape index (κ3) is 4.85. The first kappa shape index (κ1) is 17.0. The molecule has 1 aromatic carbocycles. The fourth-order valence-electron chi connectivity index (χ4n) is 2.36. The van der Waals surface area contributed by atoms with E-state index in [9.17, 15) is 21.6 Å². The standard InChI is InChI=1S/C13H17F3N2O3S/c1-9-7-10(5-6-17-9)18-22(19,20)12-4-2-3-11(8-12)21-13(14,15)16/h2-4,8-10,17-18H,5-7H2,1H3. The largest absolute Gasteiger partial charge is 0.573 e. The second kappa shape index (κ2) is 6.43. The predicted octanol–water partition coefficient (Wildman–Crippen LogP) is 2.00. The van der Waals surface area contributed by atoms with E-state index in [0.717, 1.165) is 12.1 Å². The summed E-state index contributed by atoms with van der Waals surface area (Å²) in [6.07, 6.45) is -3.61. The molecule has 0 spiro atoms. The second-order valence-corrected chi connectivity index (χ2v) is 6.93. The summed E-state index contributed by atoms with van der Waals surface area (Å²) in [5.74, 6) is -0.561. The molecule has 0 aliphatic carbocycles. The molecule has 1 aliphatic heterocycles. The van der Waals surface area contributed by atoms with Crippen LogP contribution in [0.25, 0.3) is 0 Å². The zero-order chi connectivity index (χ0) is 16.4. The van der Waals surface area contributed by atoms with Crippen LogP contribution in [0.4, 0.5) is 13.2 Å². The van der Waals surface area contributed by atoms with E-state index >= 15 is 0 Å². The number of halogens is 3. The van der Waals surface area contributed by atoms with Crippen molar-refractivity contribution in [1.29, 1.82) is 0 Å². The first-order chi connectivity index (χ1) is 10.2. The molecule has 2 rings (SSSR count). The highest BCUT2D eigenvalue weighted by molar-refractivity contribution is 7.89. The highest BCUT2D eigenvalue weighted by Crippen LogP contribution is 2.25. The van der Waals surface area contributed by atoms with Crippen molar-refractivity contribution in [3.8, 4) is 5.75 Å². The third-order valence-corrected chi connectivity index (χ3v) is 4.81. The van der Waals surface area contributed by atoms with E-state index in [1.165, 1.54) is 12.1 Å². The van der Waals surface area contributed by atoms with Crippen LogP contribution in [0, 0.1) is 0 Å². The zero-order valence-electron chi connectivity index (χ0n) is 11.9. The predicted molar refractivity (Wildman–Crippen MR) is 73.9 cm³/mol. The molecule has 1 aliphatic rings. The van der Waals surface area contributed by atoms with Crippen molar-refractivity contribution in [2.24, 2.45) is 0 Å². The topological polar surface area (TPSA) is 67.4 Å². The Kier molecular flexibility index (Phi) is 4.98. The number of benzene rings is 1. The number of ether oxygens (including phenoxy) is 1. The van der Waals surface area contributed by atoms with Gasteiger partial charge in [-0.05, 0) is 38.4 Å². The van der Waals surface area contributed by atoms with Gasteiger partial charge in [0.25, 0.3) is 0 Å². The Bertz CT molecular complexity index is 619. The number of alkyl halides is 3. The minimum Gasteiger partial charge on any atom is -0.406 e. The van der Waals surface area contributed by atoms with E-state index in [0.29, 0.717) is 19.4 Å². The monoisotopic (exact) mass is 338 g/mol. The highest BCUT2D eigenvalue weighted by atomic mass is 32.2. The molecule has 2 atom stereocenters. The van der Waals surface area contributed by atoms with Gasteiger partial charge in [0, 0.05) is 18.2 Å². The van der Waals surface area contributed by atoms with Crippen molar-refractivity contribution in [3.63, 3.8) is 0 Å². The van der Waals surface area contributed by atoms with Crippen LogP contribution in [0.1, 0.15) is 19.8 Å². The lowest BCUT2D eigenvalue weighted by molar-refractivity contribution is -0.274. The molecule has 9 heteroatoms. The van der Waals surface area contributed by atoms with E-state index < -0.39 is 22.1 Å². The summed E-state index contributed by atoms with van der Waals surface area (Å²) < 4.78 is 67.4. The maximum Gasteiger partial charge on any atom is 0.573 e. The van der Waals surface area contributed by atoms with E-state index in [-0.39, 0.29) is 17.0 Å². The zero-order valence-corrected chi connectivity index (χ0v) is 12.7. The van der Waals surface area contributed by atoms with Gasteiger partial charge in [-0.2, -0.15) is 0 Å². The highest BCUT2D eigenvalue weighted by Gasteiger charge is 2.32. The van der Waals surface area contributed by atoms with Gasteiger partial charge >= 0.3 is 6.36 Å². The third-order valence-electron chi connectivity index (χ3n) is 3.29. The smallest absolute Gasteiger partial charge is 0.406 e.